The fraction of sp³-hybridized carbons (Fsp3) is 0.429. The molecule has 2 aliphatic carbocycles. The summed E-state index contributed by atoms with van der Waals surface area (Å²) in [5, 5.41) is 26.0. The number of amides is 2. The number of aromatic amines is 1. The maximum Gasteiger partial charge on any atom is 0.407 e. The van der Waals surface area contributed by atoms with Crippen LogP contribution in [-0.4, -0.2) is 72.7 Å². The number of carbonyl (C=O) groups excluding carboxylic acids is 2. The molecule has 51 heavy (non-hydrogen) atoms. The van der Waals surface area contributed by atoms with Gasteiger partial charge < -0.3 is 15.4 Å². The van der Waals surface area contributed by atoms with Gasteiger partial charge in [-0.3, -0.25) is 24.9 Å². The third-order valence-corrected chi connectivity index (χ3v) is 9.72. The minimum absolute atomic E-state index is 0.194. The first kappa shape index (κ1) is 35.9. The average molecular weight is 726 g/mol. The SMILES string of the molecule is CC1(NC(=O)OC[C@H](c2ccc(Cl)c(-c3ncn[nH]3)c2)N(C(=N)NCCC(C)(C)C(F)(F)F)C(=O)c2ccc(-c3cnn(C4CC4)c3)cc2)CC1. The van der Waals surface area contributed by atoms with E-state index in [-0.39, 0.29) is 18.5 Å². The molecule has 0 unspecified atom stereocenters. The number of nitrogens with one attached hydrogen (secondary N) is 4. The Morgan fingerprint density at radius 1 is 1.16 bits per heavy atom. The van der Waals surface area contributed by atoms with Crippen molar-refractivity contribution in [3.63, 3.8) is 0 Å². The number of hydrogen-bond donors (Lipinski definition) is 4. The normalized spacial score (nSPS) is 15.9. The number of carbonyl (C=O) groups is 2. The standard InChI is InChI=1S/C35H39ClF3N9O3/c1-33(2,35(37,38)39)14-15-41-31(40)48(30(49)22-6-4-21(5-7-22)24-17-44-47(18-24)25-9-10-25)28(19-51-32(50)45-34(3)12-13-34)23-8-11-27(36)26(16-23)29-42-20-43-46-29/h4-8,11,16-18,20,25,28H,9-10,12-15,19H2,1-3H3,(H2,40,41)(H,45,50)(H,42,43,46)/t28-/m1/s1. The van der Waals surface area contributed by atoms with E-state index in [1.807, 2.05) is 17.8 Å². The van der Waals surface area contributed by atoms with Crippen LogP contribution in [0, 0.1) is 10.8 Å². The zero-order valence-corrected chi connectivity index (χ0v) is 29.1. The average Bonchev–Trinajstić information content (AvgIpc) is 3.92. The fourth-order valence-corrected chi connectivity index (χ4v) is 5.63. The molecule has 2 saturated carbocycles. The highest BCUT2D eigenvalue weighted by Crippen LogP contribution is 2.40. The number of nitrogens with zero attached hydrogens (tertiary/aromatic N) is 5. The number of alkyl halides is 3. The smallest absolute Gasteiger partial charge is 0.407 e. The monoisotopic (exact) mass is 725 g/mol. The number of hydrogen-bond acceptors (Lipinski definition) is 7. The first-order valence-corrected chi connectivity index (χ1v) is 17.0. The Hall–Kier alpha value is -4.92. The summed E-state index contributed by atoms with van der Waals surface area (Å²) in [6.45, 7) is 3.36. The summed E-state index contributed by atoms with van der Waals surface area (Å²) in [6, 6.07) is 10.9. The molecule has 0 saturated heterocycles. The molecule has 2 amide bonds. The predicted molar refractivity (Wildman–Crippen MR) is 184 cm³/mol. The van der Waals surface area contributed by atoms with Crippen LogP contribution in [0.2, 0.25) is 5.02 Å². The van der Waals surface area contributed by atoms with Crippen molar-refractivity contribution in [2.45, 2.75) is 76.7 Å². The maximum atomic E-state index is 14.5. The van der Waals surface area contributed by atoms with Crippen LogP contribution in [0.5, 0.6) is 0 Å². The summed E-state index contributed by atoms with van der Waals surface area (Å²) in [5.74, 6) is -0.795. The highest BCUT2D eigenvalue weighted by Gasteiger charge is 2.46. The van der Waals surface area contributed by atoms with E-state index in [1.165, 1.54) is 6.33 Å². The van der Waals surface area contributed by atoms with Gasteiger partial charge in [0.2, 0.25) is 0 Å². The molecule has 2 aromatic heterocycles. The molecule has 12 nitrogen and oxygen atoms in total. The van der Waals surface area contributed by atoms with Crippen LogP contribution in [0.15, 0.2) is 61.2 Å². The zero-order valence-electron chi connectivity index (χ0n) is 28.4. The molecule has 0 aliphatic heterocycles. The fourth-order valence-electron chi connectivity index (χ4n) is 5.43. The summed E-state index contributed by atoms with van der Waals surface area (Å²) in [5.41, 5.74) is 0.296. The maximum absolute atomic E-state index is 14.5. The summed E-state index contributed by atoms with van der Waals surface area (Å²) in [7, 11) is 0. The quantitative estimate of drug-likeness (QED) is 0.0884. The largest absolute Gasteiger partial charge is 0.447 e. The van der Waals surface area contributed by atoms with E-state index in [0.717, 1.165) is 55.6 Å². The number of benzene rings is 2. The summed E-state index contributed by atoms with van der Waals surface area (Å²) in [4.78, 5) is 32.6. The Kier molecular flexibility index (Phi) is 9.86. The molecule has 4 aromatic rings. The Morgan fingerprint density at radius 2 is 1.88 bits per heavy atom. The van der Waals surface area contributed by atoms with Gasteiger partial charge >= 0.3 is 12.3 Å². The van der Waals surface area contributed by atoms with Gasteiger partial charge in [0.25, 0.3) is 5.91 Å². The highest BCUT2D eigenvalue weighted by atomic mass is 35.5. The lowest BCUT2D eigenvalue weighted by atomic mass is 9.88. The van der Waals surface area contributed by atoms with Crippen molar-refractivity contribution in [1.29, 1.82) is 5.41 Å². The zero-order chi connectivity index (χ0) is 36.6. The number of H-pyrrole nitrogens is 1. The molecule has 0 bridgehead atoms. The second-order valence-electron chi connectivity index (χ2n) is 14.0. The molecule has 2 heterocycles. The highest BCUT2D eigenvalue weighted by molar-refractivity contribution is 6.33. The van der Waals surface area contributed by atoms with Gasteiger partial charge in [-0.2, -0.15) is 23.4 Å². The lowest BCUT2D eigenvalue weighted by Gasteiger charge is -2.33. The molecule has 6 rings (SSSR count). The molecule has 16 heteroatoms. The van der Waals surface area contributed by atoms with E-state index in [9.17, 15) is 22.8 Å². The Balaban J connectivity index is 1.34. The Labute approximate surface area is 297 Å². The van der Waals surface area contributed by atoms with Crippen LogP contribution in [-0.2, 0) is 4.74 Å². The molecule has 2 fully saturated rings. The van der Waals surface area contributed by atoms with Crippen molar-refractivity contribution in [1.82, 2.24) is 40.5 Å². The second-order valence-corrected chi connectivity index (χ2v) is 14.4. The van der Waals surface area contributed by atoms with Gasteiger partial charge in [0.15, 0.2) is 11.8 Å². The van der Waals surface area contributed by atoms with E-state index in [4.69, 9.17) is 21.7 Å². The molecule has 1 atom stereocenters. The number of aromatic nitrogens is 5. The third-order valence-electron chi connectivity index (χ3n) is 9.39. The number of rotatable bonds is 12. The van der Waals surface area contributed by atoms with Crippen molar-refractivity contribution < 1.29 is 27.5 Å². The van der Waals surface area contributed by atoms with Gasteiger partial charge in [-0.15, -0.1) is 0 Å². The van der Waals surface area contributed by atoms with E-state index in [1.54, 1.807) is 48.7 Å². The molecule has 4 N–H and O–H groups in total. The molecule has 2 aliphatic rings. The Bertz CT molecular complexity index is 1890. The summed E-state index contributed by atoms with van der Waals surface area (Å²) < 4.78 is 48.6. The van der Waals surface area contributed by atoms with Crippen molar-refractivity contribution in [2.24, 2.45) is 5.41 Å². The van der Waals surface area contributed by atoms with Crippen molar-refractivity contribution in [3.05, 3.63) is 77.3 Å². The van der Waals surface area contributed by atoms with Gasteiger partial charge in [-0.1, -0.05) is 43.6 Å². The lowest BCUT2D eigenvalue weighted by molar-refractivity contribution is -0.213. The number of ether oxygens (including phenoxy) is 1. The summed E-state index contributed by atoms with van der Waals surface area (Å²) in [6.07, 6.45) is 3.19. The third kappa shape index (κ3) is 8.35. The van der Waals surface area contributed by atoms with Gasteiger partial charge in [-0.05, 0) is 74.4 Å². The van der Waals surface area contributed by atoms with Crippen molar-refractivity contribution in [2.75, 3.05) is 13.2 Å². The van der Waals surface area contributed by atoms with Gasteiger partial charge in [0, 0.05) is 35.0 Å². The summed E-state index contributed by atoms with van der Waals surface area (Å²) >= 11 is 6.52. The van der Waals surface area contributed by atoms with E-state index in [2.05, 4.69) is 30.9 Å². The van der Waals surface area contributed by atoms with Crippen molar-refractivity contribution in [3.8, 4) is 22.5 Å². The topological polar surface area (TPSA) is 154 Å². The number of alkyl carbamates (subject to hydrolysis) is 1. The van der Waals surface area contributed by atoms with E-state index >= 15 is 0 Å². The molecule has 270 valence electrons. The van der Waals surface area contributed by atoms with Crippen LogP contribution in [0.1, 0.15) is 80.9 Å². The van der Waals surface area contributed by atoms with Gasteiger partial charge in [0.1, 0.15) is 12.9 Å². The Morgan fingerprint density at radius 3 is 2.51 bits per heavy atom. The molecule has 0 radical (unpaired) electrons. The van der Waals surface area contributed by atoms with Crippen LogP contribution in [0.25, 0.3) is 22.5 Å². The number of guanidine groups is 1. The van der Waals surface area contributed by atoms with E-state index < -0.39 is 47.7 Å². The van der Waals surface area contributed by atoms with Crippen LogP contribution >= 0.6 is 11.6 Å². The van der Waals surface area contributed by atoms with Crippen LogP contribution in [0.4, 0.5) is 18.0 Å². The molecule has 0 spiro atoms. The van der Waals surface area contributed by atoms with E-state index in [0.29, 0.717) is 28.0 Å². The predicted octanol–water partition coefficient (Wildman–Crippen LogP) is 7.29. The van der Waals surface area contributed by atoms with Crippen LogP contribution < -0.4 is 10.6 Å². The van der Waals surface area contributed by atoms with Gasteiger partial charge in [-0.25, -0.2) is 9.78 Å². The minimum Gasteiger partial charge on any atom is -0.447 e. The van der Waals surface area contributed by atoms with Crippen molar-refractivity contribution >= 4 is 29.6 Å². The first-order chi connectivity index (χ1) is 24.1. The molecule has 2 aromatic carbocycles. The first-order valence-electron chi connectivity index (χ1n) is 16.6. The lowest BCUT2D eigenvalue weighted by Crippen LogP contribution is -2.49. The second kappa shape index (κ2) is 14.0. The number of halogens is 4. The minimum atomic E-state index is -4.48. The molecular formula is C35H39ClF3N9O3. The molecular weight excluding hydrogens is 687 g/mol. The van der Waals surface area contributed by atoms with Crippen LogP contribution in [0.3, 0.4) is 0 Å². The van der Waals surface area contributed by atoms with Gasteiger partial charge in [0.05, 0.1) is 28.7 Å².